The largest absolute Gasteiger partial charge is 0.497 e. The molecule has 5 rings (SSSR count). The maximum Gasteiger partial charge on any atom is 0.335 e. The summed E-state index contributed by atoms with van der Waals surface area (Å²) in [7, 11) is 1.69. The van der Waals surface area contributed by atoms with E-state index in [0.29, 0.717) is 5.56 Å². The fraction of sp³-hybridized carbons (Fsp3) is 0.250. The van der Waals surface area contributed by atoms with E-state index in [1.54, 1.807) is 19.2 Å². The molecule has 7 heteroatoms. The minimum atomic E-state index is -0.904. The second-order valence-corrected chi connectivity index (χ2v) is 9.89. The molecule has 0 atom stereocenters. The zero-order valence-electron chi connectivity index (χ0n) is 22.2. The zero-order valence-corrected chi connectivity index (χ0v) is 22.2. The van der Waals surface area contributed by atoms with Gasteiger partial charge in [0, 0.05) is 44.1 Å². The van der Waals surface area contributed by atoms with E-state index in [0.717, 1.165) is 68.3 Å². The van der Waals surface area contributed by atoms with Crippen molar-refractivity contribution in [1.29, 1.82) is 0 Å². The minimum absolute atomic E-state index is 0.216. The number of hydrogen-bond donors (Lipinski definition) is 2. The van der Waals surface area contributed by atoms with Gasteiger partial charge in [-0.1, -0.05) is 24.8 Å². The van der Waals surface area contributed by atoms with Gasteiger partial charge in [-0.3, -0.25) is 9.69 Å². The average Bonchev–Trinajstić information content (AvgIpc) is 2.97. The molecule has 1 amide bonds. The topological polar surface area (TPSA) is 82.1 Å². The van der Waals surface area contributed by atoms with E-state index in [1.165, 1.54) is 28.3 Å². The van der Waals surface area contributed by atoms with Crippen molar-refractivity contribution in [2.45, 2.75) is 12.8 Å². The number of nitrogens with one attached hydrogen (secondary N) is 1. The number of carboxylic acid groups (broad SMARTS) is 1. The summed E-state index contributed by atoms with van der Waals surface area (Å²) in [6.07, 6.45) is 3.13. The summed E-state index contributed by atoms with van der Waals surface area (Å²) in [5.41, 5.74) is 8.32. The molecule has 1 saturated heterocycles. The van der Waals surface area contributed by atoms with Crippen molar-refractivity contribution in [2.24, 2.45) is 0 Å². The molecule has 0 aromatic heterocycles. The van der Waals surface area contributed by atoms with Crippen LogP contribution in [-0.4, -0.2) is 61.7 Å². The number of carboxylic acids is 1. The number of carbonyl (C=O) groups is 2. The van der Waals surface area contributed by atoms with Gasteiger partial charge in [0.05, 0.1) is 12.7 Å². The second kappa shape index (κ2) is 11.6. The van der Waals surface area contributed by atoms with Crippen molar-refractivity contribution in [3.63, 3.8) is 0 Å². The summed E-state index contributed by atoms with van der Waals surface area (Å²) in [5.74, 6) is -0.297. The molecule has 0 saturated carbocycles. The third kappa shape index (κ3) is 5.89. The summed E-state index contributed by atoms with van der Waals surface area (Å²) in [6.45, 7) is 8.05. The SMILES string of the molecule is C=CC(=O)Nc1ccc2c(c1)CCC(CN1CCN(c3ccc(C(=O)O)cc3)CC1)=C2c1cccc(OC)c1. The summed E-state index contributed by atoms with van der Waals surface area (Å²) < 4.78 is 5.54. The molecule has 1 heterocycles. The molecular formula is C32H33N3O4. The van der Waals surface area contributed by atoms with E-state index >= 15 is 0 Å². The van der Waals surface area contributed by atoms with Gasteiger partial charge in [0.2, 0.25) is 5.91 Å². The van der Waals surface area contributed by atoms with E-state index in [-0.39, 0.29) is 5.91 Å². The summed E-state index contributed by atoms with van der Waals surface area (Å²) in [6, 6.07) is 21.5. The van der Waals surface area contributed by atoms with Crippen molar-refractivity contribution in [3.8, 4) is 5.75 Å². The molecule has 3 aromatic carbocycles. The van der Waals surface area contributed by atoms with Crippen LogP contribution >= 0.6 is 0 Å². The number of amides is 1. The Morgan fingerprint density at radius 1 is 1.00 bits per heavy atom. The van der Waals surface area contributed by atoms with Gasteiger partial charge in [-0.2, -0.15) is 0 Å². The Morgan fingerprint density at radius 3 is 2.46 bits per heavy atom. The maximum atomic E-state index is 11.8. The summed E-state index contributed by atoms with van der Waals surface area (Å²) >= 11 is 0. The number of aryl methyl sites for hydroxylation is 1. The van der Waals surface area contributed by atoms with E-state index < -0.39 is 5.97 Å². The first-order valence-electron chi connectivity index (χ1n) is 13.2. The van der Waals surface area contributed by atoms with Crippen LogP contribution < -0.4 is 15.0 Å². The number of benzene rings is 3. The standard InChI is InChI=1S/C32H33N3O4/c1-3-30(36)33-26-11-14-29-23(19-26)7-8-25(31(29)24-5-4-6-28(20-24)39-2)21-34-15-17-35(18-16-34)27-12-9-22(10-13-27)32(37)38/h3-6,9-14,19-20H,1,7-8,15-18,21H2,2H3,(H,33,36)(H,37,38). The summed E-state index contributed by atoms with van der Waals surface area (Å²) in [4.78, 5) is 27.8. The number of piperazine rings is 1. The number of nitrogens with zero attached hydrogens (tertiary/aromatic N) is 2. The van der Waals surface area contributed by atoms with E-state index in [1.807, 2.05) is 30.3 Å². The molecule has 3 aromatic rings. The molecule has 200 valence electrons. The smallest absolute Gasteiger partial charge is 0.335 e. The predicted molar refractivity (Wildman–Crippen MR) is 155 cm³/mol. The third-order valence-electron chi connectivity index (χ3n) is 7.50. The first kappa shape index (κ1) is 26.3. The Kier molecular flexibility index (Phi) is 7.79. The van der Waals surface area contributed by atoms with Gasteiger partial charge in [0.1, 0.15) is 5.75 Å². The third-order valence-corrected chi connectivity index (χ3v) is 7.50. The zero-order chi connectivity index (χ0) is 27.4. The molecule has 0 radical (unpaired) electrons. The molecule has 1 aliphatic carbocycles. The number of anilines is 2. The molecule has 2 aliphatic rings. The Morgan fingerprint density at radius 2 is 1.77 bits per heavy atom. The minimum Gasteiger partial charge on any atom is -0.497 e. The molecule has 2 N–H and O–H groups in total. The molecule has 7 nitrogen and oxygen atoms in total. The van der Waals surface area contributed by atoms with Gasteiger partial charge in [-0.15, -0.1) is 0 Å². The molecule has 1 fully saturated rings. The summed E-state index contributed by atoms with van der Waals surface area (Å²) in [5, 5.41) is 12.1. The van der Waals surface area contributed by atoms with Gasteiger partial charge in [0.15, 0.2) is 0 Å². The number of hydrogen-bond acceptors (Lipinski definition) is 5. The van der Waals surface area contributed by atoms with Crippen LogP contribution in [0, 0.1) is 0 Å². The first-order valence-corrected chi connectivity index (χ1v) is 13.2. The lowest BCUT2D eigenvalue weighted by Gasteiger charge is -2.37. The highest BCUT2D eigenvalue weighted by molar-refractivity contribution is 5.99. The van der Waals surface area contributed by atoms with Crippen molar-refractivity contribution < 1.29 is 19.4 Å². The van der Waals surface area contributed by atoms with E-state index in [9.17, 15) is 14.7 Å². The van der Waals surface area contributed by atoms with Crippen LogP contribution in [0.25, 0.3) is 5.57 Å². The fourth-order valence-corrected chi connectivity index (χ4v) is 5.46. The van der Waals surface area contributed by atoms with E-state index in [4.69, 9.17) is 4.74 Å². The van der Waals surface area contributed by atoms with Crippen molar-refractivity contribution in [2.75, 3.05) is 50.1 Å². The van der Waals surface area contributed by atoms with Crippen molar-refractivity contribution in [1.82, 2.24) is 4.90 Å². The first-order chi connectivity index (χ1) is 18.9. The van der Waals surface area contributed by atoms with Crippen LogP contribution in [0.4, 0.5) is 11.4 Å². The predicted octanol–water partition coefficient (Wildman–Crippen LogP) is 5.09. The monoisotopic (exact) mass is 523 g/mol. The van der Waals surface area contributed by atoms with Crippen molar-refractivity contribution in [3.05, 3.63) is 107 Å². The van der Waals surface area contributed by atoms with Crippen LogP contribution in [0.5, 0.6) is 5.75 Å². The number of carbonyl (C=O) groups excluding carboxylic acids is 1. The van der Waals surface area contributed by atoms with Crippen LogP contribution in [0.2, 0.25) is 0 Å². The quantitative estimate of drug-likeness (QED) is 0.401. The number of aromatic carboxylic acids is 1. The number of fused-ring (bicyclic) bond motifs is 1. The maximum absolute atomic E-state index is 11.8. The van der Waals surface area contributed by atoms with E-state index in [2.05, 4.69) is 46.0 Å². The molecule has 0 unspecified atom stereocenters. The average molecular weight is 524 g/mol. The van der Waals surface area contributed by atoms with Gasteiger partial charge in [-0.05, 0) is 95.3 Å². The van der Waals surface area contributed by atoms with Gasteiger partial charge in [0.25, 0.3) is 0 Å². The molecular weight excluding hydrogens is 490 g/mol. The highest BCUT2D eigenvalue weighted by Gasteiger charge is 2.25. The Hall–Kier alpha value is -4.36. The van der Waals surface area contributed by atoms with Gasteiger partial charge < -0.3 is 20.1 Å². The molecule has 1 aliphatic heterocycles. The normalized spacial score (nSPS) is 15.5. The second-order valence-electron chi connectivity index (χ2n) is 9.89. The molecule has 39 heavy (non-hydrogen) atoms. The van der Waals surface area contributed by atoms with Crippen LogP contribution in [0.3, 0.4) is 0 Å². The van der Waals surface area contributed by atoms with Crippen molar-refractivity contribution >= 4 is 28.8 Å². The molecule has 0 bridgehead atoms. The number of ether oxygens (including phenoxy) is 1. The number of methoxy groups -OCH3 is 1. The fourth-order valence-electron chi connectivity index (χ4n) is 5.46. The Balaban J connectivity index is 1.39. The van der Waals surface area contributed by atoms with Crippen LogP contribution in [0.1, 0.15) is 33.5 Å². The molecule has 0 spiro atoms. The van der Waals surface area contributed by atoms with Crippen LogP contribution in [0.15, 0.2) is 85.0 Å². The number of rotatable bonds is 8. The Labute approximate surface area is 229 Å². The lowest BCUT2D eigenvalue weighted by Crippen LogP contribution is -2.47. The highest BCUT2D eigenvalue weighted by atomic mass is 16.5. The Bertz CT molecular complexity index is 1420. The lowest BCUT2D eigenvalue weighted by atomic mass is 9.81. The van der Waals surface area contributed by atoms with Crippen LogP contribution in [-0.2, 0) is 11.2 Å². The van der Waals surface area contributed by atoms with Gasteiger partial charge in [-0.25, -0.2) is 4.79 Å². The lowest BCUT2D eigenvalue weighted by molar-refractivity contribution is -0.111. The highest BCUT2D eigenvalue weighted by Crippen LogP contribution is 2.38. The van der Waals surface area contributed by atoms with Gasteiger partial charge >= 0.3 is 5.97 Å².